The van der Waals surface area contributed by atoms with Crippen molar-refractivity contribution in [1.29, 1.82) is 0 Å². The fraction of sp³-hybridized carbons (Fsp3) is 0.417. The van der Waals surface area contributed by atoms with E-state index in [1.807, 2.05) is 24.1 Å². The standard InChI is InChI=1S/C12H14BrNO/c1-12(2)9-5-4-6-10(13)8(9)7-11(15)14(12)3/h4-6H,7H2,1-3H3. The van der Waals surface area contributed by atoms with Gasteiger partial charge in [-0.15, -0.1) is 0 Å². The molecule has 0 unspecified atom stereocenters. The van der Waals surface area contributed by atoms with Gasteiger partial charge in [0.15, 0.2) is 0 Å². The number of likely N-dealkylation sites (N-methyl/N-ethyl adjacent to an activating group) is 1. The molecule has 1 aromatic rings. The van der Waals surface area contributed by atoms with Gasteiger partial charge in [0.1, 0.15) is 0 Å². The second-order valence-corrected chi connectivity index (χ2v) is 5.31. The van der Waals surface area contributed by atoms with Crippen LogP contribution in [-0.2, 0) is 16.8 Å². The molecule has 1 aliphatic heterocycles. The highest BCUT2D eigenvalue weighted by atomic mass is 79.9. The van der Waals surface area contributed by atoms with Crippen molar-refractivity contribution in [3.63, 3.8) is 0 Å². The molecule has 0 saturated heterocycles. The molecule has 1 aliphatic rings. The van der Waals surface area contributed by atoms with Gasteiger partial charge in [0.2, 0.25) is 5.91 Å². The summed E-state index contributed by atoms with van der Waals surface area (Å²) >= 11 is 3.51. The van der Waals surface area contributed by atoms with Gasteiger partial charge in [0.25, 0.3) is 0 Å². The molecular weight excluding hydrogens is 254 g/mol. The molecule has 1 amide bonds. The van der Waals surface area contributed by atoms with Gasteiger partial charge in [-0.3, -0.25) is 4.79 Å². The minimum atomic E-state index is -0.214. The van der Waals surface area contributed by atoms with Gasteiger partial charge >= 0.3 is 0 Å². The van der Waals surface area contributed by atoms with E-state index in [-0.39, 0.29) is 11.4 Å². The van der Waals surface area contributed by atoms with Gasteiger partial charge in [-0.05, 0) is 31.0 Å². The Morgan fingerprint density at radius 3 is 2.73 bits per heavy atom. The molecule has 0 aromatic heterocycles. The van der Waals surface area contributed by atoms with E-state index >= 15 is 0 Å². The number of fused-ring (bicyclic) bond motifs is 1. The minimum Gasteiger partial charge on any atom is -0.336 e. The van der Waals surface area contributed by atoms with Crippen LogP contribution in [0.3, 0.4) is 0 Å². The fourth-order valence-electron chi connectivity index (χ4n) is 2.07. The Labute approximate surface area is 98.4 Å². The van der Waals surface area contributed by atoms with E-state index in [1.54, 1.807) is 0 Å². The zero-order valence-electron chi connectivity index (χ0n) is 9.17. The van der Waals surface area contributed by atoms with Crippen LogP contribution in [0.15, 0.2) is 22.7 Å². The van der Waals surface area contributed by atoms with Crippen molar-refractivity contribution < 1.29 is 4.79 Å². The normalized spacial score (nSPS) is 18.9. The number of hydrogen-bond donors (Lipinski definition) is 0. The predicted octanol–water partition coefficient (Wildman–Crippen LogP) is 2.70. The van der Waals surface area contributed by atoms with Crippen LogP contribution >= 0.6 is 15.9 Å². The van der Waals surface area contributed by atoms with E-state index in [2.05, 4.69) is 35.8 Å². The number of amides is 1. The van der Waals surface area contributed by atoms with Crippen molar-refractivity contribution in [1.82, 2.24) is 4.90 Å². The highest BCUT2D eigenvalue weighted by Crippen LogP contribution is 2.37. The maximum Gasteiger partial charge on any atom is 0.227 e. The first-order valence-corrected chi connectivity index (χ1v) is 5.78. The van der Waals surface area contributed by atoms with E-state index in [4.69, 9.17) is 0 Å². The summed E-state index contributed by atoms with van der Waals surface area (Å²) in [6.45, 7) is 4.16. The zero-order valence-corrected chi connectivity index (χ0v) is 10.8. The van der Waals surface area contributed by atoms with Crippen LogP contribution in [0.4, 0.5) is 0 Å². The van der Waals surface area contributed by atoms with Crippen molar-refractivity contribution in [2.75, 3.05) is 7.05 Å². The smallest absolute Gasteiger partial charge is 0.227 e. The number of rotatable bonds is 0. The molecule has 80 valence electrons. The third-order valence-corrected chi connectivity index (χ3v) is 4.06. The molecule has 1 aromatic carbocycles. The summed E-state index contributed by atoms with van der Waals surface area (Å²) in [6.07, 6.45) is 0.497. The lowest BCUT2D eigenvalue weighted by Gasteiger charge is -2.41. The molecule has 1 heterocycles. The third kappa shape index (κ3) is 1.49. The van der Waals surface area contributed by atoms with Crippen molar-refractivity contribution in [3.8, 4) is 0 Å². The van der Waals surface area contributed by atoms with E-state index in [9.17, 15) is 4.79 Å². The van der Waals surface area contributed by atoms with E-state index in [1.165, 1.54) is 5.56 Å². The maximum atomic E-state index is 11.8. The summed E-state index contributed by atoms with van der Waals surface area (Å²) in [6, 6.07) is 6.12. The summed E-state index contributed by atoms with van der Waals surface area (Å²) in [5.41, 5.74) is 2.15. The van der Waals surface area contributed by atoms with Gasteiger partial charge in [-0.25, -0.2) is 0 Å². The largest absolute Gasteiger partial charge is 0.336 e. The summed E-state index contributed by atoms with van der Waals surface area (Å²) in [5, 5.41) is 0. The molecule has 2 rings (SSSR count). The molecule has 2 nitrogen and oxygen atoms in total. The predicted molar refractivity (Wildman–Crippen MR) is 63.6 cm³/mol. The molecule has 0 saturated carbocycles. The van der Waals surface area contributed by atoms with Gasteiger partial charge < -0.3 is 4.90 Å². The average molecular weight is 268 g/mol. The number of carbonyl (C=O) groups is 1. The second kappa shape index (κ2) is 3.34. The first kappa shape index (κ1) is 10.7. The van der Waals surface area contributed by atoms with Crippen molar-refractivity contribution in [2.24, 2.45) is 0 Å². The van der Waals surface area contributed by atoms with Crippen molar-refractivity contribution in [2.45, 2.75) is 25.8 Å². The Hall–Kier alpha value is -0.830. The minimum absolute atomic E-state index is 0.180. The monoisotopic (exact) mass is 267 g/mol. The van der Waals surface area contributed by atoms with E-state index in [0.29, 0.717) is 6.42 Å². The SMILES string of the molecule is CN1C(=O)Cc2c(Br)cccc2C1(C)C. The molecule has 0 N–H and O–H groups in total. The summed E-state index contributed by atoms with van der Waals surface area (Å²) in [7, 11) is 1.87. The molecule has 0 atom stereocenters. The van der Waals surface area contributed by atoms with Crippen LogP contribution < -0.4 is 0 Å². The Bertz CT molecular complexity index is 426. The van der Waals surface area contributed by atoms with E-state index < -0.39 is 0 Å². The first-order chi connectivity index (χ1) is 6.94. The quantitative estimate of drug-likeness (QED) is 0.708. The molecule has 0 spiro atoms. The zero-order chi connectivity index (χ0) is 11.2. The number of carbonyl (C=O) groups excluding carboxylic acids is 1. The molecule has 0 aliphatic carbocycles. The van der Waals surface area contributed by atoms with E-state index in [0.717, 1.165) is 10.0 Å². The van der Waals surface area contributed by atoms with Crippen LogP contribution in [0.25, 0.3) is 0 Å². The summed E-state index contributed by atoms with van der Waals surface area (Å²) in [4.78, 5) is 13.7. The van der Waals surface area contributed by atoms with Crippen LogP contribution in [-0.4, -0.2) is 17.9 Å². The van der Waals surface area contributed by atoms with Gasteiger partial charge in [0.05, 0.1) is 12.0 Å². The molecule has 3 heteroatoms. The lowest BCUT2D eigenvalue weighted by Crippen LogP contribution is -2.47. The van der Waals surface area contributed by atoms with Gasteiger partial charge in [-0.1, -0.05) is 28.1 Å². The number of hydrogen-bond acceptors (Lipinski definition) is 1. The molecular formula is C12H14BrNO. The highest BCUT2D eigenvalue weighted by molar-refractivity contribution is 9.10. The Morgan fingerprint density at radius 1 is 1.40 bits per heavy atom. The highest BCUT2D eigenvalue weighted by Gasteiger charge is 2.36. The van der Waals surface area contributed by atoms with Crippen LogP contribution in [0.1, 0.15) is 25.0 Å². The molecule has 15 heavy (non-hydrogen) atoms. The molecule has 0 fully saturated rings. The van der Waals surface area contributed by atoms with Gasteiger partial charge in [0, 0.05) is 11.5 Å². The number of halogens is 1. The first-order valence-electron chi connectivity index (χ1n) is 4.99. The Morgan fingerprint density at radius 2 is 2.07 bits per heavy atom. The van der Waals surface area contributed by atoms with Crippen molar-refractivity contribution in [3.05, 3.63) is 33.8 Å². The second-order valence-electron chi connectivity index (χ2n) is 4.45. The van der Waals surface area contributed by atoms with Crippen molar-refractivity contribution >= 4 is 21.8 Å². The molecule has 0 radical (unpaired) electrons. The van der Waals surface area contributed by atoms with Crippen LogP contribution in [0, 0.1) is 0 Å². The summed E-state index contributed by atoms with van der Waals surface area (Å²) < 4.78 is 1.04. The van der Waals surface area contributed by atoms with Gasteiger partial charge in [-0.2, -0.15) is 0 Å². The average Bonchev–Trinajstić information content (AvgIpc) is 2.17. The topological polar surface area (TPSA) is 20.3 Å². The number of nitrogens with zero attached hydrogens (tertiary/aromatic N) is 1. The fourth-order valence-corrected chi connectivity index (χ4v) is 2.58. The van der Waals surface area contributed by atoms with Crippen LogP contribution in [0.5, 0.6) is 0 Å². The lowest BCUT2D eigenvalue weighted by molar-refractivity contribution is -0.135. The molecule has 0 bridgehead atoms. The third-order valence-electron chi connectivity index (χ3n) is 3.32. The van der Waals surface area contributed by atoms with Crippen LogP contribution in [0.2, 0.25) is 0 Å². The Balaban J connectivity index is 2.66. The summed E-state index contributed by atoms with van der Waals surface area (Å²) in [5.74, 6) is 0.180. The Kier molecular flexibility index (Phi) is 2.38. The number of benzene rings is 1. The maximum absolute atomic E-state index is 11.8. The lowest BCUT2D eigenvalue weighted by atomic mass is 9.83.